The largest absolute Gasteiger partial charge is 0.479 e. The van der Waals surface area contributed by atoms with Gasteiger partial charge in [-0.2, -0.15) is 0 Å². The van der Waals surface area contributed by atoms with Gasteiger partial charge in [0.05, 0.1) is 6.54 Å². The number of carbonyl (C=O) groups is 5. The summed E-state index contributed by atoms with van der Waals surface area (Å²) in [6, 6.07) is 13.2. The number of allylic oxidation sites excluding steroid dienone is 1. The molecule has 0 bridgehead atoms. The quantitative estimate of drug-likeness (QED) is 0.103. The van der Waals surface area contributed by atoms with E-state index in [2.05, 4.69) is 60.8 Å². The third-order valence-corrected chi connectivity index (χ3v) is 8.33. The van der Waals surface area contributed by atoms with Gasteiger partial charge in [0.2, 0.25) is 17.7 Å². The Morgan fingerprint density at radius 1 is 0.840 bits per heavy atom. The van der Waals surface area contributed by atoms with Gasteiger partial charge in [0, 0.05) is 12.0 Å². The average Bonchev–Trinajstić information content (AvgIpc) is 3.07. The Labute approximate surface area is 297 Å². The number of benzene rings is 2. The Hall–Kier alpha value is -4.51. The molecule has 0 heterocycles. The molecule has 0 aliphatic carbocycles. The van der Waals surface area contributed by atoms with Crippen LogP contribution in [0.4, 0.5) is 0 Å². The average molecular weight is 692 g/mol. The number of hydrogen-bond acceptors (Lipinski definition) is 6. The maximum Gasteiger partial charge on any atom is 0.330 e. The van der Waals surface area contributed by atoms with Crippen molar-refractivity contribution in [3.63, 3.8) is 0 Å². The Kier molecular flexibility index (Phi) is 17.4. The first kappa shape index (κ1) is 41.7. The summed E-state index contributed by atoms with van der Waals surface area (Å²) in [6.07, 6.45) is 5.18. The van der Waals surface area contributed by atoms with Crippen LogP contribution in [0.2, 0.25) is 0 Å². The number of unbranched alkanes of at least 4 members (excludes halogenated alkanes) is 1. The summed E-state index contributed by atoms with van der Waals surface area (Å²) in [5.74, 6) is -3.46. The smallest absolute Gasteiger partial charge is 0.330 e. The molecule has 0 aromatic heterocycles. The van der Waals surface area contributed by atoms with Crippen LogP contribution in [0.25, 0.3) is 0 Å². The maximum atomic E-state index is 13.4. The number of rotatable bonds is 20. The lowest BCUT2D eigenvalue weighted by Gasteiger charge is -2.23. The van der Waals surface area contributed by atoms with Gasteiger partial charge in [-0.25, -0.2) is 4.79 Å². The van der Waals surface area contributed by atoms with Crippen molar-refractivity contribution in [3.05, 3.63) is 83.4 Å². The van der Waals surface area contributed by atoms with E-state index >= 15 is 0 Å². The van der Waals surface area contributed by atoms with E-state index in [-0.39, 0.29) is 24.2 Å². The fourth-order valence-corrected chi connectivity index (χ4v) is 5.31. The number of carbonyl (C=O) groups excluding carboxylic acids is 4. The van der Waals surface area contributed by atoms with Crippen LogP contribution in [0.1, 0.15) is 89.2 Å². The van der Waals surface area contributed by atoms with Crippen LogP contribution in [0.3, 0.4) is 0 Å². The van der Waals surface area contributed by atoms with E-state index in [1.165, 1.54) is 6.08 Å². The number of nitrogens with one attached hydrogen (secondary N) is 4. The van der Waals surface area contributed by atoms with Crippen molar-refractivity contribution < 1.29 is 29.1 Å². The predicted octanol–water partition coefficient (Wildman–Crippen LogP) is 4.22. The molecule has 5 N–H and O–H groups in total. The molecule has 0 aliphatic heterocycles. The van der Waals surface area contributed by atoms with Crippen LogP contribution >= 0.6 is 0 Å². The minimum Gasteiger partial charge on any atom is -0.479 e. The molecule has 2 aromatic rings. The number of carboxylic acid groups (broad SMARTS) is 1. The minimum atomic E-state index is -1.26. The molecule has 0 radical (unpaired) electrons. The van der Waals surface area contributed by atoms with Crippen LogP contribution in [0.5, 0.6) is 0 Å². The van der Waals surface area contributed by atoms with E-state index in [0.717, 1.165) is 37.2 Å². The molecule has 0 saturated heterocycles. The van der Waals surface area contributed by atoms with Gasteiger partial charge in [-0.15, -0.1) is 0 Å². The van der Waals surface area contributed by atoms with Gasteiger partial charge < -0.3 is 31.3 Å². The zero-order valence-corrected chi connectivity index (χ0v) is 30.8. The topological polar surface area (TPSA) is 157 Å². The van der Waals surface area contributed by atoms with Crippen LogP contribution < -0.4 is 21.3 Å². The lowest BCUT2D eigenvalue weighted by atomic mass is 9.86. The number of aliphatic carboxylic acids is 1. The summed E-state index contributed by atoms with van der Waals surface area (Å²) in [4.78, 5) is 67.0. The van der Waals surface area contributed by atoms with Gasteiger partial charge in [-0.1, -0.05) is 103 Å². The zero-order valence-electron chi connectivity index (χ0n) is 30.8. The fourth-order valence-electron chi connectivity index (χ4n) is 5.31. The van der Waals surface area contributed by atoms with Crippen molar-refractivity contribution in [2.75, 3.05) is 26.2 Å². The molecular weight excluding hydrogens is 634 g/mol. The maximum absolute atomic E-state index is 13.4. The van der Waals surface area contributed by atoms with Crippen molar-refractivity contribution in [3.8, 4) is 0 Å². The molecule has 2 unspecified atom stereocenters. The van der Waals surface area contributed by atoms with Gasteiger partial charge in [0.1, 0.15) is 18.1 Å². The summed E-state index contributed by atoms with van der Waals surface area (Å²) in [7, 11) is 0. The van der Waals surface area contributed by atoms with Gasteiger partial charge in [-0.3, -0.25) is 19.2 Å². The van der Waals surface area contributed by atoms with Gasteiger partial charge in [0.25, 0.3) is 5.91 Å². The third kappa shape index (κ3) is 14.9. The molecule has 0 saturated carbocycles. The lowest BCUT2D eigenvalue weighted by molar-refractivity contribution is -0.141. The van der Waals surface area contributed by atoms with Crippen LogP contribution in [0.15, 0.2) is 66.7 Å². The SMILES string of the molecule is CCN(CC)CCC/C=C/C(NC(=O)C(CC(C)C)NC(=O)CNC(=O)[C@H](Cc1ccccc1)NC(=O)c1ccc(C(C)(C)C)cc1)C(=O)O. The molecule has 0 aliphatic rings. The second-order valence-corrected chi connectivity index (χ2v) is 13.9. The monoisotopic (exact) mass is 691 g/mol. The van der Waals surface area contributed by atoms with Crippen LogP contribution in [0, 0.1) is 5.92 Å². The Balaban J connectivity index is 2.07. The molecule has 274 valence electrons. The summed E-state index contributed by atoms with van der Waals surface area (Å²) < 4.78 is 0. The summed E-state index contributed by atoms with van der Waals surface area (Å²) in [5, 5.41) is 20.3. The van der Waals surface area contributed by atoms with Crippen molar-refractivity contribution in [2.45, 2.75) is 97.7 Å². The van der Waals surface area contributed by atoms with E-state index < -0.39 is 54.3 Å². The van der Waals surface area contributed by atoms with Gasteiger partial charge >= 0.3 is 5.97 Å². The molecule has 0 spiro atoms. The molecule has 3 atom stereocenters. The van der Waals surface area contributed by atoms with E-state index in [9.17, 15) is 29.1 Å². The Morgan fingerprint density at radius 3 is 2.04 bits per heavy atom. The number of hydrogen-bond donors (Lipinski definition) is 5. The van der Waals surface area contributed by atoms with Gasteiger partial charge in [0.15, 0.2) is 0 Å². The highest BCUT2D eigenvalue weighted by Gasteiger charge is 2.27. The number of nitrogens with zero attached hydrogens (tertiary/aromatic N) is 1. The van der Waals surface area contributed by atoms with E-state index in [1.807, 2.05) is 56.3 Å². The summed E-state index contributed by atoms with van der Waals surface area (Å²) in [6.45, 7) is 16.5. The predicted molar refractivity (Wildman–Crippen MR) is 197 cm³/mol. The van der Waals surface area contributed by atoms with Crippen molar-refractivity contribution in [1.82, 2.24) is 26.2 Å². The van der Waals surface area contributed by atoms with E-state index in [4.69, 9.17) is 0 Å². The van der Waals surface area contributed by atoms with Crippen molar-refractivity contribution in [2.24, 2.45) is 5.92 Å². The van der Waals surface area contributed by atoms with Crippen LogP contribution in [-0.4, -0.2) is 83.9 Å². The Bertz CT molecular complexity index is 1410. The first-order valence-electron chi connectivity index (χ1n) is 17.6. The summed E-state index contributed by atoms with van der Waals surface area (Å²) >= 11 is 0. The highest BCUT2D eigenvalue weighted by atomic mass is 16.4. The number of carboxylic acids is 1. The van der Waals surface area contributed by atoms with E-state index in [1.54, 1.807) is 18.2 Å². The summed E-state index contributed by atoms with van der Waals surface area (Å²) in [5.41, 5.74) is 2.21. The number of amides is 4. The zero-order chi connectivity index (χ0) is 37.3. The second kappa shape index (κ2) is 20.9. The normalized spacial score (nSPS) is 13.5. The van der Waals surface area contributed by atoms with E-state index in [0.29, 0.717) is 12.0 Å². The standard InChI is InChI=1S/C39H57N5O6/c1-8-44(9-2)23-15-11-14-18-31(38(49)50)42-37(48)32(24-27(3)4)41-34(45)26-40-36(47)33(25-28-16-12-10-13-17-28)43-35(46)29-19-21-30(22-20-29)39(5,6)7/h10,12-14,16-22,27,31-33H,8-9,11,15,23-26H2,1-7H3,(H,40,47)(H,41,45)(H,42,48)(H,43,46)(H,49,50)/b18-14+/t31?,32?,33-/m0/s1. The highest BCUT2D eigenvalue weighted by Crippen LogP contribution is 2.22. The molecule has 2 rings (SSSR count). The molecule has 2 aromatic carbocycles. The minimum absolute atomic E-state index is 0.00228. The molecule has 11 heteroatoms. The van der Waals surface area contributed by atoms with Crippen LogP contribution in [-0.2, 0) is 31.0 Å². The third-order valence-electron chi connectivity index (χ3n) is 8.33. The first-order chi connectivity index (χ1) is 23.6. The fraction of sp³-hybridized carbons (Fsp3) is 0.513. The van der Waals surface area contributed by atoms with Gasteiger partial charge in [-0.05, 0) is 73.5 Å². The Morgan fingerprint density at radius 2 is 1.48 bits per heavy atom. The molecule has 11 nitrogen and oxygen atoms in total. The lowest BCUT2D eigenvalue weighted by Crippen LogP contribution is -2.54. The highest BCUT2D eigenvalue weighted by molar-refractivity contribution is 5.98. The van der Waals surface area contributed by atoms with Crippen molar-refractivity contribution in [1.29, 1.82) is 0 Å². The molecule has 50 heavy (non-hydrogen) atoms. The van der Waals surface area contributed by atoms with Crippen molar-refractivity contribution >= 4 is 29.6 Å². The molecular formula is C39H57N5O6. The second-order valence-electron chi connectivity index (χ2n) is 13.9. The molecule has 4 amide bonds. The first-order valence-corrected chi connectivity index (χ1v) is 17.6. The molecule has 0 fully saturated rings.